The van der Waals surface area contributed by atoms with Crippen molar-refractivity contribution < 1.29 is 4.39 Å². The summed E-state index contributed by atoms with van der Waals surface area (Å²) in [5, 5.41) is 14.1. The molecular formula is C21H27FN6S2. The van der Waals surface area contributed by atoms with Crippen molar-refractivity contribution in [3.8, 4) is 0 Å². The number of allylic oxidation sites excluding steroid dienone is 1. The minimum atomic E-state index is -0.240. The molecule has 0 amide bonds. The number of aromatic nitrogens is 1. The van der Waals surface area contributed by atoms with Gasteiger partial charge in [-0.25, -0.2) is 4.39 Å². The van der Waals surface area contributed by atoms with Crippen molar-refractivity contribution in [3.05, 3.63) is 64.9 Å². The Balaban J connectivity index is 2.43. The number of aryl methyl sites for hydroxylation is 1. The lowest BCUT2D eigenvalue weighted by Gasteiger charge is -2.13. The van der Waals surface area contributed by atoms with Gasteiger partial charge < -0.3 is 20.5 Å². The molecule has 1 heterocycles. The summed E-state index contributed by atoms with van der Waals surface area (Å²) in [4.78, 5) is 0. The Morgan fingerprint density at radius 2 is 1.73 bits per heavy atom. The summed E-state index contributed by atoms with van der Waals surface area (Å²) in [6, 6.07) is 8.65. The number of halogens is 1. The molecule has 0 saturated carbocycles. The van der Waals surface area contributed by atoms with E-state index in [4.69, 9.17) is 24.4 Å². The van der Waals surface area contributed by atoms with E-state index in [-0.39, 0.29) is 5.82 Å². The molecule has 160 valence electrons. The molecule has 6 nitrogen and oxygen atoms in total. The van der Waals surface area contributed by atoms with Crippen LogP contribution in [0, 0.1) is 19.7 Å². The highest BCUT2D eigenvalue weighted by molar-refractivity contribution is 7.80. The van der Waals surface area contributed by atoms with Gasteiger partial charge in [0.05, 0.1) is 5.71 Å². The van der Waals surface area contributed by atoms with Gasteiger partial charge in [0.15, 0.2) is 10.2 Å². The van der Waals surface area contributed by atoms with Crippen molar-refractivity contribution in [2.75, 3.05) is 14.1 Å². The van der Waals surface area contributed by atoms with Crippen LogP contribution >= 0.6 is 24.4 Å². The van der Waals surface area contributed by atoms with Crippen LogP contribution in [0.5, 0.6) is 0 Å². The van der Waals surface area contributed by atoms with E-state index in [0.717, 1.165) is 33.8 Å². The lowest BCUT2D eigenvalue weighted by Crippen LogP contribution is -2.30. The highest BCUT2D eigenvalue weighted by Gasteiger charge is 2.16. The van der Waals surface area contributed by atoms with Crippen molar-refractivity contribution in [1.82, 2.24) is 25.9 Å². The van der Waals surface area contributed by atoms with Crippen LogP contribution in [0.4, 0.5) is 4.39 Å². The van der Waals surface area contributed by atoms with Gasteiger partial charge in [-0.1, -0.05) is 12.1 Å². The summed E-state index contributed by atoms with van der Waals surface area (Å²) in [5.41, 5.74) is 8.61. The maximum atomic E-state index is 13.2. The predicted octanol–water partition coefficient (Wildman–Crippen LogP) is 3.20. The van der Waals surface area contributed by atoms with Gasteiger partial charge in [-0.3, -0.25) is 5.43 Å². The predicted molar refractivity (Wildman–Crippen MR) is 130 cm³/mol. The number of benzene rings is 1. The molecule has 0 spiro atoms. The average molecular weight is 447 g/mol. The number of hydrogen-bond donors (Lipinski definition) is 4. The Hall–Kier alpha value is -2.78. The van der Waals surface area contributed by atoms with Gasteiger partial charge in [-0.15, -0.1) is 0 Å². The number of hydrazone groups is 1. The van der Waals surface area contributed by atoms with Crippen molar-refractivity contribution in [1.29, 1.82) is 0 Å². The van der Waals surface area contributed by atoms with Crippen LogP contribution in [-0.2, 0) is 6.54 Å². The van der Waals surface area contributed by atoms with E-state index in [9.17, 15) is 4.39 Å². The number of nitrogens with one attached hydrogen (secondary N) is 4. The van der Waals surface area contributed by atoms with Crippen molar-refractivity contribution in [2.24, 2.45) is 5.10 Å². The van der Waals surface area contributed by atoms with Crippen LogP contribution in [0.3, 0.4) is 0 Å². The molecule has 1 aromatic heterocycles. The van der Waals surface area contributed by atoms with E-state index in [1.807, 2.05) is 20.0 Å². The normalized spacial score (nSPS) is 11.8. The fourth-order valence-electron chi connectivity index (χ4n) is 2.93. The van der Waals surface area contributed by atoms with E-state index in [2.05, 4.69) is 44.0 Å². The van der Waals surface area contributed by atoms with Gasteiger partial charge in [0.25, 0.3) is 0 Å². The monoisotopic (exact) mass is 446 g/mol. The molecule has 9 heteroatoms. The molecule has 0 bridgehead atoms. The minimum absolute atomic E-state index is 0.240. The Kier molecular flexibility index (Phi) is 8.49. The van der Waals surface area contributed by atoms with Crippen molar-refractivity contribution >= 4 is 45.9 Å². The average Bonchev–Trinajstić information content (AvgIpc) is 3.01. The minimum Gasteiger partial charge on any atom is -0.366 e. The summed E-state index contributed by atoms with van der Waals surface area (Å²) >= 11 is 10.3. The molecule has 4 N–H and O–H groups in total. The van der Waals surface area contributed by atoms with Crippen molar-refractivity contribution in [3.63, 3.8) is 0 Å². The Morgan fingerprint density at radius 3 is 2.33 bits per heavy atom. The Labute approximate surface area is 187 Å². The van der Waals surface area contributed by atoms with Crippen LogP contribution < -0.4 is 21.4 Å². The lowest BCUT2D eigenvalue weighted by molar-refractivity contribution is 0.626. The van der Waals surface area contributed by atoms with Gasteiger partial charge in [0.1, 0.15) is 5.82 Å². The zero-order valence-electron chi connectivity index (χ0n) is 17.8. The third-order valence-corrected chi connectivity index (χ3v) is 5.25. The van der Waals surface area contributed by atoms with Crippen LogP contribution in [0.1, 0.15) is 29.4 Å². The summed E-state index contributed by atoms with van der Waals surface area (Å²) in [6.45, 7) is 6.64. The molecule has 2 rings (SSSR count). The number of hydrogen-bond acceptors (Lipinski definition) is 3. The Morgan fingerprint density at radius 1 is 1.10 bits per heavy atom. The van der Waals surface area contributed by atoms with Crippen LogP contribution in [0.25, 0.3) is 5.57 Å². The number of thiocarbonyl (C=S) groups is 2. The van der Waals surface area contributed by atoms with E-state index in [1.54, 1.807) is 26.2 Å². The van der Waals surface area contributed by atoms with Gasteiger partial charge in [0.2, 0.25) is 0 Å². The molecule has 0 saturated heterocycles. The molecule has 2 aromatic rings. The first-order valence-electron chi connectivity index (χ1n) is 9.39. The third kappa shape index (κ3) is 6.11. The molecule has 1 aromatic carbocycles. The summed E-state index contributed by atoms with van der Waals surface area (Å²) in [5.74, 6) is -0.240. The molecular weight excluding hydrogens is 419 g/mol. The lowest BCUT2D eigenvalue weighted by atomic mass is 10.0. The molecule has 0 radical (unpaired) electrons. The smallest absolute Gasteiger partial charge is 0.186 e. The maximum absolute atomic E-state index is 13.2. The van der Waals surface area contributed by atoms with Gasteiger partial charge in [-0.05, 0) is 69.0 Å². The number of nitrogens with zero attached hydrogens (tertiary/aromatic N) is 2. The Bertz CT molecular complexity index is 976. The highest BCUT2D eigenvalue weighted by Crippen LogP contribution is 2.25. The molecule has 0 aliphatic rings. The van der Waals surface area contributed by atoms with E-state index in [1.165, 1.54) is 12.1 Å². The van der Waals surface area contributed by atoms with Crippen LogP contribution in [0.2, 0.25) is 0 Å². The van der Waals surface area contributed by atoms with E-state index >= 15 is 0 Å². The van der Waals surface area contributed by atoms with Gasteiger partial charge >= 0.3 is 0 Å². The molecule has 0 aliphatic heterocycles. The SMILES string of the molecule is CNC(=S)N/C=C(/C(C)=N/NC(=S)NC)c1cc(C)n(Cc2ccc(F)cc2)c1C. The molecule has 0 fully saturated rings. The largest absolute Gasteiger partial charge is 0.366 e. The number of rotatable bonds is 6. The highest BCUT2D eigenvalue weighted by atomic mass is 32.1. The fourth-order valence-corrected chi connectivity index (χ4v) is 3.03. The van der Waals surface area contributed by atoms with Crippen LogP contribution in [0.15, 0.2) is 41.6 Å². The second-order valence-corrected chi connectivity index (χ2v) is 7.48. The maximum Gasteiger partial charge on any atom is 0.186 e. The first kappa shape index (κ1) is 23.5. The molecule has 0 aliphatic carbocycles. The quantitative estimate of drug-likeness (QED) is 0.311. The molecule has 0 unspecified atom stereocenters. The first-order chi connectivity index (χ1) is 14.3. The van der Waals surface area contributed by atoms with Gasteiger partial charge in [-0.2, -0.15) is 5.10 Å². The molecule has 0 atom stereocenters. The summed E-state index contributed by atoms with van der Waals surface area (Å²) < 4.78 is 15.4. The zero-order chi connectivity index (χ0) is 22.3. The third-order valence-electron chi connectivity index (χ3n) is 4.63. The van der Waals surface area contributed by atoms with Gasteiger partial charge in [0, 0.05) is 49.4 Å². The van der Waals surface area contributed by atoms with E-state index in [0.29, 0.717) is 16.8 Å². The van der Waals surface area contributed by atoms with Crippen LogP contribution in [-0.4, -0.2) is 34.6 Å². The second-order valence-electron chi connectivity index (χ2n) is 6.67. The first-order valence-corrected chi connectivity index (χ1v) is 10.2. The molecule has 30 heavy (non-hydrogen) atoms. The van der Waals surface area contributed by atoms with Crippen molar-refractivity contribution in [2.45, 2.75) is 27.3 Å². The second kappa shape index (κ2) is 10.8. The zero-order valence-corrected chi connectivity index (χ0v) is 19.4. The van der Waals surface area contributed by atoms with E-state index < -0.39 is 0 Å². The summed E-state index contributed by atoms with van der Waals surface area (Å²) in [6.07, 6.45) is 1.83. The standard InChI is InChI=1S/C21H27FN6S2/c1-13-10-18(15(3)28(13)12-16-6-8-17(22)9-7-16)19(11-25-20(29)23-4)14(2)26-27-21(30)24-5/h6-11H,12H2,1-5H3,(H2,23,25,29)(H2,24,27,30)/b19-11-,26-14+. The summed E-state index contributed by atoms with van der Waals surface area (Å²) in [7, 11) is 3.48. The fraction of sp³-hybridized carbons (Fsp3) is 0.286. The topological polar surface area (TPSA) is 65.4 Å².